The van der Waals surface area contributed by atoms with Crippen molar-refractivity contribution in [2.24, 2.45) is 0 Å². The minimum Gasteiger partial charge on any atom is -0.503 e. The van der Waals surface area contributed by atoms with Gasteiger partial charge in [-0.1, -0.05) is 44.2 Å². The quantitative estimate of drug-likeness (QED) is 0.583. The Balaban J connectivity index is 2.05. The van der Waals surface area contributed by atoms with Crippen molar-refractivity contribution in [1.82, 2.24) is 10.3 Å². The summed E-state index contributed by atoms with van der Waals surface area (Å²) in [4.78, 5) is 28.9. The summed E-state index contributed by atoms with van der Waals surface area (Å²) in [7, 11) is 1.37. The van der Waals surface area contributed by atoms with Crippen molar-refractivity contribution in [2.75, 3.05) is 7.11 Å². The van der Waals surface area contributed by atoms with Crippen LogP contribution in [0, 0.1) is 0 Å². The van der Waals surface area contributed by atoms with E-state index in [4.69, 9.17) is 9.47 Å². The van der Waals surface area contributed by atoms with Crippen LogP contribution in [-0.2, 0) is 9.53 Å². The number of nitrogens with zero attached hydrogens (tertiary/aromatic N) is 1. The molecule has 162 valence electrons. The number of hydrogen-bond donors (Lipinski definition) is 2. The van der Waals surface area contributed by atoms with Crippen molar-refractivity contribution in [3.63, 3.8) is 0 Å². The molecular formula is C22H28N2O5S. The number of thioether (sulfide) groups is 1. The van der Waals surface area contributed by atoms with Crippen LogP contribution >= 0.6 is 11.8 Å². The Hall–Kier alpha value is -2.74. The van der Waals surface area contributed by atoms with Gasteiger partial charge in [0.1, 0.15) is 12.1 Å². The second kappa shape index (κ2) is 10.9. The number of amides is 1. The molecule has 0 spiro atoms. The molecule has 2 rings (SSSR count). The number of aromatic hydroxyl groups is 1. The molecule has 0 fully saturated rings. The van der Waals surface area contributed by atoms with Crippen LogP contribution in [0.4, 0.5) is 0 Å². The predicted molar refractivity (Wildman–Crippen MR) is 117 cm³/mol. The fourth-order valence-electron chi connectivity index (χ4n) is 2.83. The summed E-state index contributed by atoms with van der Waals surface area (Å²) >= 11 is 1.71. The number of rotatable bonds is 9. The van der Waals surface area contributed by atoms with Crippen molar-refractivity contribution >= 4 is 23.6 Å². The Morgan fingerprint density at radius 1 is 1.10 bits per heavy atom. The van der Waals surface area contributed by atoms with Crippen molar-refractivity contribution in [3.05, 3.63) is 53.9 Å². The van der Waals surface area contributed by atoms with Gasteiger partial charge in [-0.25, -0.2) is 9.78 Å². The average molecular weight is 433 g/mol. The lowest BCUT2D eigenvalue weighted by atomic mass is 10.1. The number of ether oxygens (including phenoxy) is 2. The Kier molecular flexibility index (Phi) is 8.53. The Bertz CT molecular complexity index is 860. The number of carbonyl (C=O) groups is 2. The third-order valence-electron chi connectivity index (χ3n) is 4.30. The minimum atomic E-state index is -0.923. The first-order chi connectivity index (χ1) is 14.2. The highest BCUT2D eigenvalue weighted by Crippen LogP contribution is 2.36. The zero-order valence-corrected chi connectivity index (χ0v) is 18.6. The zero-order chi connectivity index (χ0) is 22.3. The molecule has 7 nitrogen and oxygen atoms in total. The molecule has 0 saturated heterocycles. The zero-order valence-electron chi connectivity index (χ0n) is 17.8. The molecule has 3 atom stereocenters. The SMILES string of the molecule is COc1ccnc(C(=O)N[C@@H](C)C(=O)O[C@@H](C)[C@H](SC(C)C)c2ccccc2)c1O. The molecule has 1 aromatic carbocycles. The third kappa shape index (κ3) is 6.13. The van der Waals surface area contributed by atoms with E-state index in [2.05, 4.69) is 24.1 Å². The first kappa shape index (κ1) is 23.5. The van der Waals surface area contributed by atoms with E-state index in [1.165, 1.54) is 26.3 Å². The van der Waals surface area contributed by atoms with Gasteiger partial charge >= 0.3 is 5.97 Å². The molecule has 1 heterocycles. The maximum atomic E-state index is 12.6. The lowest BCUT2D eigenvalue weighted by molar-refractivity contribution is -0.150. The highest BCUT2D eigenvalue weighted by Gasteiger charge is 2.28. The fraction of sp³-hybridized carbons (Fsp3) is 0.409. The largest absolute Gasteiger partial charge is 0.503 e. The first-order valence-corrected chi connectivity index (χ1v) is 10.6. The molecule has 2 N–H and O–H groups in total. The maximum Gasteiger partial charge on any atom is 0.328 e. The molecule has 0 aliphatic rings. The molecule has 0 bridgehead atoms. The van der Waals surface area contributed by atoms with Crippen LogP contribution < -0.4 is 10.1 Å². The summed E-state index contributed by atoms with van der Waals surface area (Å²) in [6.07, 6.45) is 0.932. The fourth-order valence-corrected chi connectivity index (χ4v) is 4.01. The topological polar surface area (TPSA) is 97.8 Å². The van der Waals surface area contributed by atoms with Crippen molar-refractivity contribution in [1.29, 1.82) is 0 Å². The summed E-state index contributed by atoms with van der Waals surface area (Å²) in [6, 6.07) is 10.4. The molecule has 0 unspecified atom stereocenters. The van der Waals surface area contributed by atoms with Gasteiger partial charge in [0.15, 0.2) is 17.2 Å². The molecule has 0 aliphatic heterocycles. The second-order valence-corrected chi connectivity index (χ2v) is 8.79. The van der Waals surface area contributed by atoms with Gasteiger partial charge in [-0.3, -0.25) is 4.79 Å². The van der Waals surface area contributed by atoms with Crippen molar-refractivity contribution < 1.29 is 24.2 Å². The summed E-state index contributed by atoms with van der Waals surface area (Å²) in [5.41, 5.74) is 0.846. The maximum absolute atomic E-state index is 12.6. The van der Waals surface area contributed by atoms with E-state index in [9.17, 15) is 14.7 Å². The van der Waals surface area contributed by atoms with Gasteiger partial charge in [0.05, 0.1) is 12.4 Å². The number of hydrogen-bond acceptors (Lipinski definition) is 7. The number of esters is 1. The molecule has 0 saturated carbocycles. The van der Waals surface area contributed by atoms with Crippen LogP contribution in [0.15, 0.2) is 42.6 Å². The van der Waals surface area contributed by atoms with E-state index >= 15 is 0 Å². The predicted octanol–water partition coefficient (Wildman–Crippen LogP) is 3.73. The van der Waals surface area contributed by atoms with E-state index in [1.807, 2.05) is 37.3 Å². The van der Waals surface area contributed by atoms with Crippen LogP contribution in [0.25, 0.3) is 0 Å². The van der Waals surface area contributed by atoms with Gasteiger partial charge < -0.3 is 19.9 Å². The molecule has 30 heavy (non-hydrogen) atoms. The van der Waals surface area contributed by atoms with Gasteiger partial charge in [0.25, 0.3) is 5.91 Å². The number of methoxy groups -OCH3 is 1. The molecule has 2 aromatic rings. The molecule has 1 aromatic heterocycles. The van der Waals surface area contributed by atoms with Gasteiger partial charge in [0.2, 0.25) is 0 Å². The lowest BCUT2D eigenvalue weighted by Gasteiger charge is -2.27. The highest BCUT2D eigenvalue weighted by atomic mass is 32.2. The minimum absolute atomic E-state index is 0.0397. The summed E-state index contributed by atoms with van der Waals surface area (Å²) in [6.45, 7) is 7.55. The molecule has 0 aliphatic carbocycles. The van der Waals surface area contributed by atoms with Gasteiger partial charge in [-0.2, -0.15) is 0 Å². The van der Waals surface area contributed by atoms with E-state index in [-0.39, 0.29) is 22.4 Å². The number of pyridine rings is 1. The smallest absolute Gasteiger partial charge is 0.328 e. The Morgan fingerprint density at radius 3 is 2.37 bits per heavy atom. The Labute approximate surface area is 181 Å². The third-order valence-corrected chi connectivity index (χ3v) is 5.79. The number of carbonyl (C=O) groups excluding carboxylic acids is 2. The van der Waals surface area contributed by atoms with Crippen LogP contribution in [0.2, 0.25) is 0 Å². The summed E-state index contributed by atoms with van der Waals surface area (Å²) < 4.78 is 10.6. The van der Waals surface area contributed by atoms with E-state index in [0.29, 0.717) is 5.25 Å². The first-order valence-electron chi connectivity index (χ1n) is 9.68. The monoisotopic (exact) mass is 432 g/mol. The van der Waals surface area contributed by atoms with Gasteiger partial charge in [0, 0.05) is 12.3 Å². The van der Waals surface area contributed by atoms with E-state index in [0.717, 1.165) is 5.56 Å². The Morgan fingerprint density at radius 2 is 1.77 bits per heavy atom. The van der Waals surface area contributed by atoms with Gasteiger partial charge in [-0.05, 0) is 24.7 Å². The average Bonchev–Trinajstić information content (AvgIpc) is 2.72. The molecule has 8 heteroatoms. The van der Waals surface area contributed by atoms with Crippen LogP contribution in [-0.4, -0.2) is 46.5 Å². The second-order valence-electron chi connectivity index (χ2n) is 7.06. The van der Waals surface area contributed by atoms with E-state index in [1.54, 1.807) is 11.8 Å². The number of benzene rings is 1. The molecule has 1 amide bonds. The number of nitrogens with one attached hydrogen (secondary N) is 1. The van der Waals surface area contributed by atoms with Crippen LogP contribution in [0.5, 0.6) is 11.5 Å². The normalized spacial score (nSPS) is 13.9. The van der Waals surface area contributed by atoms with Crippen molar-refractivity contribution in [2.45, 2.75) is 50.3 Å². The van der Waals surface area contributed by atoms with Gasteiger partial charge in [-0.15, -0.1) is 11.8 Å². The van der Waals surface area contributed by atoms with Crippen LogP contribution in [0.1, 0.15) is 49.0 Å². The lowest BCUT2D eigenvalue weighted by Crippen LogP contribution is -2.41. The van der Waals surface area contributed by atoms with E-state index < -0.39 is 24.0 Å². The standard InChI is InChI=1S/C22H28N2O5S/c1-13(2)30-20(16-9-7-6-8-10-16)15(4)29-22(27)14(3)24-21(26)18-19(25)17(28-5)11-12-23-18/h6-15,20,25H,1-5H3,(H,24,26)/t14-,15-,20-/m0/s1. The number of aromatic nitrogens is 1. The van der Waals surface area contributed by atoms with Crippen molar-refractivity contribution in [3.8, 4) is 11.5 Å². The molecular weight excluding hydrogens is 404 g/mol. The summed E-state index contributed by atoms with van der Waals surface area (Å²) in [5, 5.41) is 12.9. The summed E-state index contributed by atoms with van der Waals surface area (Å²) in [5.74, 6) is -1.53. The van der Waals surface area contributed by atoms with Crippen LogP contribution in [0.3, 0.4) is 0 Å². The molecule has 0 radical (unpaired) electrons. The highest BCUT2D eigenvalue weighted by molar-refractivity contribution is 8.00.